The van der Waals surface area contributed by atoms with Crippen molar-refractivity contribution >= 4 is 38.5 Å². The van der Waals surface area contributed by atoms with Gasteiger partial charge in [0.05, 0.1) is 6.10 Å². The first-order valence-corrected chi connectivity index (χ1v) is 6.34. The molecule has 0 fully saturated rings. The summed E-state index contributed by atoms with van der Waals surface area (Å²) in [6, 6.07) is 6.22. The van der Waals surface area contributed by atoms with Crippen LogP contribution in [0.2, 0.25) is 0 Å². The quantitative estimate of drug-likeness (QED) is 0.589. The molecule has 0 aliphatic rings. The molecule has 0 aliphatic heterocycles. The summed E-state index contributed by atoms with van der Waals surface area (Å²) >= 11 is 5.75. The van der Waals surface area contributed by atoms with Crippen LogP contribution >= 0.6 is 38.5 Å². The van der Waals surface area contributed by atoms with Crippen molar-refractivity contribution < 1.29 is 4.74 Å². The Labute approximate surface area is 101 Å². The molecule has 0 aliphatic carbocycles. The van der Waals surface area contributed by atoms with Crippen molar-refractivity contribution in [1.29, 1.82) is 0 Å². The summed E-state index contributed by atoms with van der Waals surface area (Å²) in [5.74, 6) is 0.979. The number of hydrogen-bond acceptors (Lipinski definition) is 1. The topological polar surface area (TPSA) is 9.23 Å². The second-order valence-electron chi connectivity index (χ2n) is 3.05. The minimum absolute atomic E-state index is 0.234. The lowest BCUT2D eigenvalue weighted by atomic mass is 10.2. The van der Waals surface area contributed by atoms with Gasteiger partial charge in [-0.25, -0.2) is 0 Å². The SMILES string of the molecule is CC(C)Oc1ccc(I)cc1CBr. The fraction of sp³-hybridized carbons (Fsp3) is 0.400. The maximum absolute atomic E-state index is 5.66. The lowest BCUT2D eigenvalue weighted by Crippen LogP contribution is -2.07. The van der Waals surface area contributed by atoms with Gasteiger partial charge < -0.3 is 4.74 Å². The molecule has 3 heteroatoms. The number of benzene rings is 1. The van der Waals surface area contributed by atoms with E-state index in [1.165, 1.54) is 9.13 Å². The van der Waals surface area contributed by atoms with Gasteiger partial charge in [-0.15, -0.1) is 0 Å². The van der Waals surface area contributed by atoms with Gasteiger partial charge in [0.2, 0.25) is 0 Å². The van der Waals surface area contributed by atoms with Gasteiger partial charge in [0.25, 0.3) is 0 Å². The van der Waals surface area contributed by atoms with E-state index >= 15 is 0 Å². The molecule has 0 unspecified atom stereocenters. The largest absolute Gasteiger partial charge is 0.491 e. The predicted octanol–water partition coefficient (Wildman–Crippen LogP) is 3.97. The molecule has 72 valence electrons. The zero-order valence-corrected chi connectivity index (χ0v) is 11.4. The summed E-state index contributed by atoms with van der Waals surface area (Å²) in [6.45, 7) is 4.08. The molecule has 1 rings (SSSR count). The average Bonchev–Trinajstić information content (AvgIpc) is 2.07. The highest BCUT2D eigenvalue weighted by molar-refractivity contribution is 14.1. The van der Waals surface area contributed by atoms with Gasteiger partial charge in [-0.2, -0.15) is 0 Å². The van der Waals surface area contributed by atoms with Crippen LogP contribution < -0.4 is 4.74 Å². The normalized spacial score (nSPS) is 10.5. The summed E-state index contributed by atoms with van der Waals surface area (Å²) in [6.07, 6.45) is 0.234. The van der Waals surface area contributed by atoms with Crippen molar-refractivity contribution in [3.8, 4) is 5.75 Å². The van der Waals surface area contributed by atoms with Gasteiger partial charge in [0, 0.05) is 14.5 Å². The minimum atomic E-state index is 0.234. The number of rotatable bonds is 3. The monoisotopic (exact) mass is 354 g/mol. The molecular formula is C10H12BrIO. The van der Waals surface area contributed by atoms with E-state index < -0.39 is 0 Å². The van der Waals surface area contributed by atoms with Crippen molar-refractivity contribution in [2.24, 2.45) is 0 Å². The molecular weight excluding hydrogens is 343 g/mol. The highest BCUT2D eigenvalue weighted by atomic mass is 127. The standard InChI is InChI=1S/C10H12BrIO/c1-7(2)13-10-4-3-9(12)5-8(10)6-11/h3-5,7H,6H2,1-2H3. The van der Waals surface area contributed by atoms with Crippen LogP contribution in [0.4, 0.5) is 0 Å². The molecule has 0 radical (unpaired) electrons. The molecule has 0 N–H and O–H groups in total. The highest BCUT2D eigenvalue weighted by Gasteiger charge is 2.04. The van der Waals surface area contributed by atoms with E-state index in [-0.39, 0.29) is 6.10 Å². The Hall–Kier alpha value is 0.230. The highest BCUT2D eigenvalue weighted by Crippen LogP contribution is 2.24. The van der Waals surface area contributed by atoms with E-state index in [4.69, 9.17) is 4.74 Å². The van der Waals surface area contributed by atoms with E-state index in [1.807, 2.05) is 19.9 Å². The Kier molecular flexibility index (Phi) is 4.52. The molecule has 0 bridgehead atoms. The first-order chi connectivity index (χ1) is 6.13. The molecule has 1 nitrogen and oxygen atoms in total. The summed E-state index contributed by atoms with van der Waals surface area (Å²) in [7, 11) is 0. The van der Waals surface area contributed by atoms with Crippen LogP contribution in [0.5, 0.6) is 5.75 Å². The van der Waals surface area contributed by atoms with Gasteiger partial charge in [-0.05, 0) is 54.6 Å². The van der Waals surface area contributed by atoms with Crippen LogP contribution in [0.15, 0.2) is 18.2 Å². The molecule has 0 aromatic heterocycles. The van der Waals surface area contributed by atoms with Crippen LogP contribution in [-0.2, 0) is 5.33 Å². The van der Waals surface area contributed by atoms with Gasteiger partial charge in [0.15, 0.2) is 0 Å². The van der Waals surface area contributed by atoms with Crippen LogP contribution in [-0.4, -0.2) is 6.10 Å². The number of halogens is 2. The number of alkyl halides is 1. The molecule has 1 aromatic carbocycles. The zero-order valence-electron chi connectivity index (χ0n) is 7.68. The second kappa shape index (κ2) is 5.20. The lowest BCUT2D eigenvalue weighted by Gasteiger charge is -2.13. The fourth-order valence-corrected chi connectivity index (χ4v) is 2.02. The second-order valence-corrected chi connectivity index (χ2v) is 4.86. The number of hydrogen-bond donors (Lipinski definition) is 0. The summed E-state index contributed by atoms with van der Waals surface area (Å²) in [4.78, 5) is 0. The molecule has 0 saturated heterocycles. The maximum Gasteiger partial charge on any atom is 0.123 e. The van der Waals surface area contributed by atoms with Crippen LogP contribution in [0, 0.1) is 3.57 Å². The van der Waals surface area contributed by atoms with E-state index in [2.05, 4.69) is 50.7 Å². The van der Waals surface area contributed by atoms with Gasteiger partial charge in [-0.1, -0.05) is 15.9 Å². The Balaban J connectivity index is 2.92. The third kappa shape index (κ3) is 3.46. The third-order valence-corrected chi connectivity index (χ3v) is 2.80. The van der Waals surface area contributed by atoms with Crippen molar-refractivity contribution in [1.82, 2.24) is 0 Å². The lowest BCUT2D eigenvalue weighted by molar-refractivity contribution is 0.240. The van der Waals surface area contributed by atoms with Crippen LogP contribution in [0.25, 0.3) is 0 Å². The Morgan fingerprint density at radius 2 is 2.15 bits per heavy atom. The molecule has 13 heavy (non-hydrogen) atoms. The molecule has 0 heterocycles. The smallest absolute Gasteiger partial charge is 0.123 e. The molecule has 1 aromatic rings. The first kappa shape index (κ1) is 11.3. The van der Waals surface area contributed by atoms with Gasteiger partial charge in [-0.3, -0.25) is 0 Å². The van der Waals surface area contributed by atoms with Crippen molar-refractivity contribution in [3.63, 3.8) is 0 Å². The van der Waals surface area contributed by atoms with E-state index in [0.717, 1.165) is 11.1 Å². The fourth-order valence-electron chi connectivity index (χ4n) is 1.02. The zero-order chi connectivity index (χ0) is 9.84. The van der Waals surface area contributed by atoms with E-state index in [9.17, 15) is 0 Å². The van der Waals surface area contributed by atoms with E-state index in [0.29, 0.717) is 0 Å². The summed E-state index contributed by atoms with van der Waals surface area (Å²) in [5.41, 5.74) is 1.21. The van der Waals surface area contributed by atoms with Crippen molar-refractivity contribution in [2.45, 2.75) is 25.3 Å². The van der Waals surface area contributed by atoms with Gasteiger partial charge >= 0.3 is 0 Å². The Bertz CT molecular complexity index is 286. The van der Waals surface area contributed by atoms with Gasteiger partial charge in [0.1, 0.15) is 5.75 Å². The first-order valence-electron chi connectivity index (χ1n) is 4.14. The van der Waals surface area contributed by atoms with E-state index in [1.54, 1.807) is 0 Å². The van der Waals surface area contributed by atoms with Crippen molar-refractivity contribution in [2.75, 3.05) is 0 Å². The third-order valence-electron chi connectivity index (χ3n) is 1.53. The minimum Gasteiger partial charge on any atom is -0.491 e. The maximum atomic E-state index is 5.66. The van der Waals surface area contributed by atoms with Crippen LogP contribution in [0.1, 0.15) is 19.4 Å². The van der Waals surface area contributed by atoms with Crippen molar-refractivity contribution in [3.05, 3.63) is 27.3 Å². The molecule has 0 amide bonds. The average molecular weight is 355 g/mol. The van der Waals surface area contributed by atoms with Crippen LogP contribution in [0.3, 0.4) is 0 Å². The summed E-state index contributed by atoms with van der Waals surface area (Å²) < 4.78 is 6.90. The number of ether oxygens (including phenoxy) is 1. The molecule has 0 atom stereocenters. The molecule has 0 saturated carbocycles. The predicted molar refractivity (Wildman–Crippen MR) is 67.6 cm³/mol. The summed E-state index contributed by atoms with van der Waals surface area (Å²) in [5, 5.41) is 0.839. The molecule has 0 spiro atoms. The Morgan fingerprint density at radius 3 is 2.69 bits per heavy atom. The Morgan fingerprint density at radius 1 is 1.46 bits per heavy atom.